The van der Waals surface area contributed by atoms with Crippen molar-refractivity contribution in [3.63, 3.8) is 0 Å². The first-order valence-corrected chi connectivity index (χ1v) is 11.5. The molecule has 3 heterocycles. The summed E-state index contributed by atoms with van der Waals surface area (Å²) >= 11 is 0. The van der Waals surface area contributed by atoms with E-state index in [1.807, 2.05) is 19.9 Å². The van der Waals surface area contributed by atoms with Gasteiger partial charge in [-0.25, -0.2) is 4.39 Å². The second-order valence-electron chi connectivity index (χ2n) is 8.91. The smallest absolute Gasteiger partial charge is 0.191 e. The molecule has 1 saturated heterocycles. The Bertz CT molecular complexity index is 942. The number of nitrogens with zero attached hydrogens (tertiary/aromatic N) is 1. The van der Waals surface area contributed by atoms with Crippen LogP contribution in [0.4, 0.5) is 10.1 Å². The van der Waals surface area contributed by atoms with Gasteiger partial charge >= 0.3 is 0 Å². The van der Waals surface area contributed by atoms with Crippen LogP contribution in [0.15, 0.2) is 36.5 Å². The summed E-state index contributed by atoms with van der Waals surface area (Å²) in [6.45, 7) is 8.27. The maximum Gasteiger partial charge on any atom is 0.191 e. The molecule has 7 heteroatoms. The predicted octanol–water partition coefficient (Wildman–Crippen LogP) is 4.52. The highest BCUT2D eigenvalue weighted by atomic mass is 19.1. The van der Waals surface area contributed by atoms with Crippen molar-refractivity contribution in [2.75, 3.05) is 25.0 Å². The lowest BCUT2D eigenvalue weighted by molar-refractivity contribution is -0.114. The van der Waals surface area contributed by atoms with Crippen molar-refractivity contribution in [2.24, 2.45) is 5.92 Å². The lowest BCUT2D eigenvalue weighted by atomic mass is 9.70. The molecule has 172 valence electrons. The van der Waals surface area contributed by atoms with E-state index >= 15 is 0 Å². The molecule has 4 rings (SSSR count). The van der Waals surface area contributed by atoms with Gasteiger partial charge in [-0.05, 0) is 63.7 Å². The van der Waals surface area contributed by atoms with Crippen molar-refractivity contribution >= 4 is 11.5 Å². The Labute approximate surface area is 188 Å². The summed E-state index contributed by atoms with van der Waals surface area (Å²) in [6.07, 6.45) is 3.26. The van der Waals surface area contributed by atoms with Crippen molar-refractivity contribution in [2.45, 2.75) is 57.8 Å². The molecule has 1 aromatic carbocycles. The minimum Gasteiger partial charge on any atom is -0.486 e. The fourth-order valence-electron chi connectivity index (χ4n) is 4.73. The number of halogens is 1. The Morgan fingerprint density at radius 2 is 2.09 bits per heavy atom. The molecule has 0 amide bonds. The molecule has 1 fully saturated rings. The average Bonchev–Trinajstić information content (AvgIpc) is 2.78. The molecule has 0 aliphatic carbocycles. The molecule has 2 N–H and O–H groups in total. The number of ether oxygens (including phenoxy) is 2. The molecule has 2 aromatic rings. The minimum absolute atomic E-state index is 0.130. The molecule has 1 aromatic heterocycles. The fourth-order valence-corrected chi connectivity index (χ4v) is 4.73. The van der Waals surface area contributed by atoms with E-state index < -0.39 is 17.6 Å². The molecule has 1 unspecified atom stereocenters. The highest BCUT2D eigenvalue weighted by Crippen LogP contribution is 2.50. The first-order valence-electron chi connectivity index (χ1n) is 11.5. The molecular weight excluding hydrogens is 409 g/mol. The first kappa shape index (κ1) is 22.7. The Kier molecular flexibility index (Phi) is 6.76. The van der Waals surface area contributed by atoms with Gasteiger partial charge in [0, 0.05) is 24.9 Å². The normalized spacial score (nSPS) is 21.8. The number of benzene rings is 1. The number of ketones is 1. The number of rotatable bonds is 7. The third-order valence-electron chi connectivity index (χ3n) is 6.21. The zero-order chi connectivity index (χ0) is 22.7. The van der Waals surface area contributed by atoms with Crippen molar-refractivity contribution in [3.05, 3.63) is 53.6 Å². The molecule has 2 aliphatic rings. The number of pyridine rings is 1. The number of aromatic nitrogens is 1. The van der Waals surface area contributed by atoms with E-state index in [1.54, 1.807) is 18.3 Å². The summed E-state index contributed by atoms with van der Waals surface area (Å²) in [5, 5.41) is 6.63. The van der Waals surface area contributed by atoms with Crippen LogP contribution < -0.4 is 15.4 Å². The van der Waals surface area contributed by atoms with Crippen LogP contribution in [-0.4, -0.2) is 42.1 Å². The Morgan fingerprint density at radius 3 is 2.75 bits per heavy atom. The minimum atomic E-state index is -0.729. The third kappa shape index (κ3) is 4.50. The maximum absolute atomic E-state index is 14.2. The van der Waals surface area contributed by atoms with Gasteiger partial charge in [0.1, 0.15) is 29.0 Å². The molecular formula is C25H32FN3O3. The van der Waals surface area contributed by atoms with Gasteiger partial charge in [0.25, 0.3) is 0 Å². The van der Waals surface area contributed by atoms with Gasteiger partial charge in [0.15, 0.2) is 5.78 Å². The zero-order valence-corrected chi connectivity index (χ0v) is 19.0. The molecule has 6 nitrogen and oxygen atoms in total. The van der Waals surface area contributed by atoms with Crippen LogP contribution in [0, 0.1) is 11.7 Å². The van der Waals surface area contributed by atoms with Crippen molar-refractivity contribution in [1.29, 1.82) is 0 Å². The number of fused-ring (bicyclic) bond motifs is 1. The average molecular weight is 442 g/mol. The SMILES string of the molecule is CCCNc1ccc(C(=O)C2[C@@H](OC(C)C)c3cc(F)ccc3OC23CCNCC3)nc1. The summed E-state index contributed by atoms with van der Waals surface area (Å²) in [5.41, 5.74) is 1.11. The molecule has 2 aliphatic heterocycles. The predicted molar refractivity (Wildman–Crippen MR) is 122 cm³/mol. The second-order valence-corrected chi connectivity index (χ2v) is 8.91. The summed E-state index contributed by atoms with van der Waals surface area (Å²) < 4.78 is 27.0. The second kappa shape index (κ2) is 9.55. The molecule has 0 radical (unpaired) electrons. The highest BCUT2D eigenvalue weighted by Gasteiger charge is 2.55. The monoisotopic (exact) mass is 441 g/mol. The van der Waals surface area contributed by atoms with Gasteiger partial charge in [-0.1, -0.05) is 6.92 Å². The zero-order valence-electron chi connectivity index (χ0n) is 19.0. The summed E-state index contributed by atoms with van der Waals surface area (Å²) in [7, 11) is 0. The number of piperidine rings is 1. The van der Waals surface area contributed by atoms with E-state index in [0.717, 1.165) is 31.7 Å². The number of hydrogen-bond acceptors (Lipinski definition) is 6. The number of hydrogen-bond donors (Lipinski definition) is 2. The lowest BCUT2D eigenvalue weighted by Gasteiger charge is -2.49. The van der Waals surface area contributed by atoms with E-state index in [9.17, 15) is 9.18 Å². The summed E-state index contributed by atoms with van der Waals surface area (Å²) in [6, 6.07) is 8.11. The quantitative estimate of drug-likeness (QED) is 0.616. The van der Waals surface area contributed by atoms with E-state index in [2.05, 4.69) is 22.5 Å². The van der Waals surface area contributed by atoms with Crippen molar-refractivity contribution in [3.8, 4) is 5.75 Å². The maximum atomic E-state index is 14.2. The molecule has 2 atom stereocenters. The number of nitrogens with one attached hydrogen (secondary N) is 2. The van der Waals surface area contributed by atoms with Crippen LogP contribution in [0.1, 0.15) is 62.2 Å². The summed E-state index contributed by atoms with van der Waals surface area (Å²) in [5.74, 6) is -0.533. The van der Waals surface area contributed by atoms with Gasteiger partial charge in [-0.3, -0.25) is 9.78 Å². The first-order chi connectivity index (χ1) is 15.4. The fraction of sp³-hybridized carbons (Fsp3) is 0.520. The number of anilines is 1. The highest BCUT2D eigenvalue weighted by molar-refractivity contribution is 5.98. The van der Waals surface area contributed by atoms with Crippen LogP contribution in [-0.2, 0) is 4.74 Å². The Hall–Kier alpha value is -2.51. The van der Waals surface area contributed by atoms with Crippen LogP contribution in [0.3, 0.4) is 0 Å². The number of carbonyl (C=O) groups excluding carboxylic acids is 1. The van der Waals surface area contributed by atoms with Crippen LogP contribution in [0.25, 0.3) is 0 Å². The van der Waals surface area contributed by atoms with E-state index in [0.29, 0.717) is 29.8 Å². The molecule has 32 heavy (non-hydrogen) atoms. The topological polar surface area (TPSA) is 72.5 Å². The Balaban J connectivity index is 1.76. The van der Waals surface area contributed by atoms with Gasteiger partial charge in [-0.2, -0.15) is 0 Å². The van der Waals surface area contributed by atoms with E-state index in [4.69, 9.17) is 9.47 Å². The van der Waals surface area contributed by atoms with Gasteiger partial charge in [0.05, 0.1) is 23.9 Å². The summed E-state index contributed by atoms with van der Waals surface area (Å²) in [4.78, 5) is 18.4. The van der Waals surface area contributed by atoms with Crippen LogP contribution in [0.5, 0.6) is 5.75 Å². The van der Waals surface area contributed by atoms with E-state index in [-0.39, 0.29) is 17.7 Å². The number of carbonyl (C=O) groups is 1. The Morgan fingerprint density at radius 1 is 1.31 bits per heavy atom. The van der Waals surface area contributed by atoms with Gasteiger partial charge in [-0.15, -0.1) is 0 Å². The van der Waals surface area contributed by atoms with Crippen molar-refractivity contribution < 1.29 is 18.7 Å². The largest absolute Gasteiger partial charge is 0.486 e. The molecule has 0 saturated carbocycles. The number of Topliss-reactive ketones (excluding diaryl/α,β-unsaturated/α-hetero) is 1. The molecule has 0 bridgehead atoms. The van der Waals surface area contributed by atoms with Gasteiger partial charge < -0.3 is 20.1 Å². The van der Waals surface area contributed by atoms with Crippen LogP contribution in [0.2, 0.25) is 0 Å². The van der Waals surface area contributed by atoms with Gasteiger partial charge in [0.2, 0.25) is 0 Å². The lowest BCUT2D eigenvalue weighted by Crippen LogP contribution is -2.58. The van der Waals surface area contributed by atoms with E-state index in [1.165, 1.54) is 12.1 Å². The third-order valence-corrected chi connectivity index (χ3v) is 6.21. The van der Waals surface area contributed by atoms with Crippen molar-refractivity contribution in [1.82, 2.24) is 10.3 Å². The molecule has 1 spiro atoms. The van der Waals surface area contributed by atoms with Crippen LogP contribution >= 0.6 is 0 Å². The standard InChI is InChI=1S/C25H32FN3O3/c1-4-11-28-18-6-7-20(29-15-18)23(30)22-24(31-16(2)3)19-14-17(26)5-8-21(19)32-25(22)9-12-27-13-10-25/h5-8,14-16,22,24,27-28H,4,9-13H2,1-3H3/t22?,24-/m0/s1.